The van der Waals surface area contributed by atoms with Crippen LogP contribution in [0.4, 0.5) is 0 Å². The van der Waals surface area contributed by atoms with Crippen LogP contribution in [-0.2, 0) is 0 Å². The monoisotopic (exact) mass is 1140 g/mol. The predicted molar refractivity (Wildman–Crippen MR) is 314 cm³/mol. The minimum absolute atomic E-state index is 0.551. The number of benzene rings is 12. The van der Waals surface area contributed by atoms with E-state index < -0.39 is 7.12 Å². The van der Waals surface area contributed by atoms with E-state index in [1.165, 1.54) is 58.5 Å². The number of hydrogen-bond acceptors (Lipinski definition) is 2. The Morgan fingerprint density at radius 2 is 0.557 bits per heavy atom. The first-order valence-electron chi connectivity index (χ1n) is 23.0. The first-order valence-corrected chi connectivity index (χ1v) is 25.7. The van der Waals surface area contributed by atoms with Crippen LogP contribution in [0.5, 0.6) is 0 Å². The summed E-state index contributed by atoms with van der Waals surface area (Å²) in [7, 11) is -1.55. The van der Waals surface area contributed by atoms with Crippen molar-refractivity contribution in [3.8, 4) is 55.6 Å². The molecule has 0 amide bonds. The van der Waals surface area contributed by atoms with Crippen molar-refractivity contribution >= 4 is 110 Å². The summed E-state index contributed by atoms with van der Waals surface area (Å²) in [6.45, 7) is 0. The smallest absolute Gasteiger partial charge is 0.423 e. The number of hydrogen-bond donors (Lipinski definition) is 2. The van der Waals surface area contributed by atoms with E-state index in [9.17, 15) is 10.0 Å². The lowest BCUT2D eigenvalue weighted by Gasteiger charge is -2.18. The van der Waals surface area contributed by atoms with Gasteiger partial charge in [-0.15, -0.1) is 0 Å². The fraction of sp³-hybridized carbons (Fsp3) is 0. The van der Waals surface area contributed by atoms with Crippen molar-refractivity contribution < 1.29 is 10.0 Å². The van der Waals surface area contributed by atoms with E-state index in [4.69, 9.17) is 0 Å². The SMILES string of the molecule is Brc1ccc(-c2c3ccccc3c(-c3ccccc3)c3cc(-c4ccccc4)ccc23)cc1.Brc1ccc(I)cc1.OB(O)c1c2ccccc2c(-c2ccccc2)c2cc(-c3ccccc3)ccc12. The van der Waals surface area contributed by atoms with Crippen LogP contribution in [0.1, 0.15) is 0 Å². The van der Waals surface area contributed by atoms with Gasteiger partial charge in [0.1, 0.15) is 0 Å². The van der Waals surface area contributed by atoms with Crippen molar-refractivity contribution in [3.05, 3.63) is 267 Å². The molecule has 0 saturated carbocycles. The second-order valence-corrected chi connectivity index (χ2v) is 20.0. The highest BCUT2D eigenvalue weighted by Crippen LogP contribution is 2.45. The lowest BCUT2D eigenvalue weighted by Crippen LogP contribution is -2.31. The summed E-state index contributed by atoms with van der Waals surface area (Å²) in [5.74, 6) is 0. The minimum atomic E-state index is -1.55. The number of fused-ring (bicyclic) bond motifs is 4. The molecule has 0 heterocycles. The molecule has 0 aliphatic rings. The van der Waals surface area contributed by atoms with E-state index >= 15 is 0 Å². The lowest BCUT2D eigenvalue weighted by molar-refractivity contribution is 0.426. The van der Waals surface area contributed by atoms with Gasteiger partial charge in [0.2, 0.25) is 0 Å². The molecule has 12 aromatic carbocycles. The van der Waals surface area contributed by atoms with Gasteiger partial charge in [-0.25, -0.2) is 0 Å². The Labute approximate surface area is 439 Å². The molecule has 2 N–H and O–H groups in total. The van der Waals surface area contributed by atoms with E-state index in [-0.39, 0.29) is 0 Å². The predicted octanol–water partition coefficient (Wildman–Crippen LogP) is 17.8. The summed E-state index contributed by atoms with van der Waals surface area (Å²) in [6, 6.07) is 88.6. The van der Waals surface area contributed by atoms with Gasteiger partial charge in [0.25, 0.3) is 0 Å². The molecule has 2 nitrogen and oxygen atoms in total. The van der Waals surface area contributed by atoms with Gasteiger partial charge in [-0.2, -0.15) is 0 Å². The quantitative estimate of drug-likeness (QED) is 0.0990. The van der Waals surface area contributed by atoms with Crippen molar-refractivity contribution in [2.45, 2.75) is 0 Å². The fourth-order valence-electron chi connectivity index (χ4n) is 9.48. The maximum Gasteiger partial charge on any atom is 0.489 e. The Bertz CT molecular complexity index is 3720. The molecule has 0 aliphatic carbocycles. The average Bonchev–Trinajstić information content (AvgIpc) is 3.41. The molecule has 0 saturated heterocycles. The summed E-state index contributed by atoms with van der Waals surface area (Å²) >= 11 is 9.21. The van der Waals surface area contributed by atoms with Gasteiger partial charge in [0.15, 0.2) is 0 Å². The van der Waals surface area contributed by atoms with E-state index in [1.54, 1.807) is 0 Å². The Balaban J connectivity index is 0.000000141. The van der Waals surface area contributed by atoms with Crippen molar-refractivity contribution in [1.29, 1.82) is 0 Å². The van der Waals surface area contributed by atoms with Gasteiger partial charge >= 0.3 is 7.12 Å². The summed E-state index contributed by atoms with van der Waals surface area (Å²) in [5.41, 5.74) is 12.5. The van der Waals surface area contributed by atoms with Gasteiger partial charge in [0.05, 0.1) is 0 Å². The van der Waals surface area contributed by atoms with Crippen LogP contribution in [0.3, 0.4) is 0 Å². The van der Waals surface area contributed by atoms with Crippen molar-refractivity contribution in [2.75, 3.05) is 0 Å². The molecule has 336 valence electrons. The molecular formula is C64H44BBr2IO2. The van der Waals surface area contributed by atoms with Crippen LogP contribution < -0.4 is 5.46 Å². The summed E-state index contributed by atoms with van der Waals surface area (Å²) in [4.78, 5) is 0. The Morgan fingerprint density at radius 3 is 0.986 bits per heavy atom. The second-order valence-electron chi connectivity index (χ2n) is 16.9. The van der Waals surface area contributed by atoms with E-state index in [0.717, 1.165) is 52.7 Å². The lowest BCUT2D eigenvalue weighted by atomic mass is 9.72. The molecule has 0 spiro atoms. The van der Waals surface area contributed by atoms with Gasteiger partial charge in [-0.1, -0.05) is 238 Å². The van der Waals surface area contributed by atoms with E-state index in [2.05, 4.69) is 230 Å². The highest BCUT2D eigenvalue weighted by molar-refractivity contribution is 14.1. The third kappa shape index (κ3) is 10.0. The van der Waals surface area contributed by atoms with Crippen molar-refractivity contribution in [3.63, 3.8) is 0 Å². The average molecular weight is 1140 g/mol. The Morgan fingerprint density at radius 1 is 0.271 bits per heavy atom. The van der Waals surface area contributed by atoms with Crippen LogP contribution in [0, 0.1) is 3.57 Å². The zero-order valence-corrected chi connectivity index (χ0v) is 43.2. The third-order valence-electron chi connectivity index (χ3n) is 12.6. The molecule has 12 rings (SSSR count). The van der Waals surface area contributed by atoms with Gasteiger partial charge in [-0.3, -0.25) is 0 Å². The molecule has 6 heteroatoms. The van der Waals surface area contributed by atoms with Crippen molar-refractivity contribution in [1.82, 2.24) is 0 Å². The first kappa shape index (κ1) is 47.1. The van der Waals surface area contributed by atoms with Crippen LogP contribution in [-0.4, -0.2) is 17.2 Å². The molecule has 0 radical (unpaired) electrons. The molecule has 0 unspecified atom stereocenters. The van der Waals surface area contributed by atoms with Crippen molar-refractivity contribution in [2.24, 2.45) is 0 Å². The van der Waals surface area contributed by atoms with Gasteiger partial charge in [-0.05, 0) is 175 Å². The standard InChI is InChI=1S/C32H21Br.C26H19BO2.C6H4BrI/c33-26-18-15-24(16-19-26)31-27-13-7-8-14-28(27)32(23-11-5-2-6-12-23)30-21-25(17-20-29(30)31)22-9-3-1-4-10-22;28-27(29)26-22-14-8-7-13-21(22)25(19-11-5-2-6-12-19)24-17-20(15-16-23(24)26)18-9-3-1-4-10-18;7-5-1-3-6(8)4-2-5/h1-21H;1-17,28-29H;1-4H. The molecule has 70 heavy (non-hydrogen) atoms. The fourth-order valence-corrected chi connectivity index (χ4v) is 10.4. The zero-order valence-electron chi connectivity index (χ0n) is 37.9. The molecule has 0 aromatic heterocycles. The molecule has 0 fully saturated rings. The Hall–Kier alpha value is -6.65. The summed E-state index contributed by atoms with van der Waals surface area (Å²) in [6.07, 6.45) is 0. The van der Waals surface area contributed by atoms with Crippen LogP contribution >= 0.6 is 54.5 Å². The topological polar surface area (TPSA) is 40.5 Å². The third-order valence-corrected chi connectivity index (χ3v) is 14.4. The largest absolute Gasteiger partial charge is 0.489 e. The number of halogens is 3. The maximum absolute atomic E-state index is 10.2. The van der Waals surface area contributed by atoms with Crippen LogP contribution in [0.15, 0.2) is 264 Å². The summed E-state index contributed by atoms with van der Waals surface area (Å²) in [5, 5.41) is 29.3. The van der Waals surface area contributed by atoms with E-state index in [1.807, 2.05) is 78.9 Å². The van der Waals surface area contributed by atoms with Crippen LogP contribution in [0.25, 0.3) is 98.7 Å². The highest BCUT2D eigenvalue weighted by Gasteiger charge is 2.23. The van der Waals surface area contributed by atoms with E-state index in [0.29, 0.717) is 5.46 Å². The highest BCUT2D eigenvalue weighted by atomic mass is 127. The maximum atomic E-state index is 10.2. The Kier molecular flexibility index (Phi) is 14.5. The molecule has 0 bridgehead atoms. The minimum Gasteiger partial charge on any atom is -0.423 e. The van der Waals surface area contributed by atoms with Gasteiger partial charge < -0.3 is 10.0 Å². The summed E-state index contributed by atoms with van der Waals surface area (Å²) < 4.78 is 3.50. The van der Waals surface area contributed by atoms with Gasteiger partial charge in [0, 0.05) is 12.5 Å². The van der Waals surface area contributed by atoms with Crippen LogP contribution in [0.2, 0.25) is 0 Å². The molecule has 0 aliphatic heterocycles. The molecule has 12 aromatic rings. The first-order chi connectivity index (χ1) is 34.3. The molecule has 0 atom stereocenters. The molecular weight excluding hydrogens is 1100 g/mol. The number of rotatable bonds is 6. The normalized spacial score (nSPS) is 10.9. The zero-order chi connectivity index (χ0) is 48.0. The second kappa shape index (κ2) is 21.6.